The van der Waals surface area contributed by atoms with E-state index in [1.807, 2.05) is 0 Å². The monoisotopic (exact) mass is 240 g/mol. The summed E-state index contributed by atoms with van der Waals surface area (Å²) >= 11 is 3.47. The zero-order chi connectivity index (χ0) is 9.47. The second-order valence-corrected chi connectivity index (χ2v) is 4.64. The molecule has 0 radical (unpaired) electrons. The molecule has 0 aromatic heterocycles. The van der Waals surface area contributed by atoms with Gasteiger partial charge in [-0.1, -0.05) is 34.1 Å². The van der Waals surface area contributed by atoms with Gasteiger partial charge in [0.05, 0.1) is 0 Å². The smallest absolute Gasteiger partial charge is 0.127 e. The van der Waals surface area contributed by atoms with Gasteiger partial charge in [0.15, 0.2) is 0 Å². The quantitative estimate of drug-likeness (QED) is 0.685. The van der Waals surface area contributed by atoms with Crippen LogP contribution >= 0.6 is 15.9 Å². The third-order valence-corrected chi connectivity index (χ3v) is 2.92. The molecule has 2 rings (SSSR count). The molecule has 0 bridgehead atoms. The Morgan fingerprint density at radius 2 is 2.23 bits per heavy atom. The molecule has 0 N–H and O–H groups in total. The summed E-state index contributed by atoms with van der Waals surface area (Å²) in [7, 11) is 0. The first-order chi connectivity index (χ1) is 6.12. The number of benzene rings is 1. The highest BCUT2D eigenvalue weighted by atomic mass is 79.9. The molecule has 0 atom stereocenters. The van der Waals surface area contributed by atoms with Crippen LogP contribution in [0.5, 0.6) is 5.75 Å². The van der Waals surface area contributed by atoms with Crippen LogP contribution in [0, 0.1) is 0 Å². The van der Waals surface area contributed by atoms with Gasteiger partial charge in [-0.3, -0.25) is 0 Å². The summed E-state index contributed by atoms with van der Waals surface area (Å²) < 4.78 is 5.89. The van der Waals surface area contributed by atoms with Crippen LogP contribution in [0.4, 0.5) is 0 Å². The molecule has 0 aliphatic carbocycles. The lowest BCUT2D eigenvalue weighted by Crippen LogP contribution is -2.24. The summed E-state index contributed by atoms with van der Waals surface area (Å²) in [4.78, 5) is 0. The zero-order valence-electron chi connectivity index (χ0n) is 7.93. The molecule has 70 valence electrons. The molecule has 2 heteroatoms. The van der Waals surface area contributed by atoms with E-state index < -0.39 is 0 Å². The summed E-state index contributed by atoms with van der Waals surface area (Å²) in [5.41, 5.74) is 2.56. The normalized spacial score (nSPS) is 18.1. The molecular formula is C11H13BrO. The second kappa shape index (κ2) is 3.02. The van der Waals surface area contributed by atoms with Crippen molar-refractivity contribution in [2.24, 2.45) is 0 Å². The lowest BCUT2D eigenvalue weighted by Gasteiger charge is -2.17. The van der Waals surface area contributed by atoms with Crippen molar-refractivity contribution in [1.82, 2.24) is 0 Å². The summed E-state index contributed by atoms with van der Waals surface area (Å²) in [6.45, 7) is 4.26. The van der Waals surface area contributed by atoms with Gasteiger partial charge < -0.3 is 4.74 Å². The average Bonchev–Trinajstić information content (AvgIpc) is 2.37. The molecule has 1 nitrogen and oxygen atoms in total. The fraction of sp³-hybridized carbons (Fsp3) is 0.455. The van der Waals surface area contributed by atoms with Crippen LogP contribution in [0.2, 0.25) is 0 Å². The van der Waals surface area contributed by atoms with Crippen LogP contribution < -0.4 is 4.74 Å². The van der Waals surface area contributed by atoms with Gasteiger partial charge in [0, 0.05) is 17.3 Å². The first kappa shape index (κ1) is 9.07. The standard InChI is InChI=1S/C11H13BrO/c1-11(2)6-8-4-3-5-9(7-12)10(8)13-11/h3-5H,6-7H2,1-2H3. The Bertz CT molecular complexity index is 331. The lowest BCUT2D eigenvalue weighted by molar-refractivity contribution is 0.137. The first-order valence-electron chi connectivity index (χ1n) is 4.48. The van der Waals surface area contributed by atoms with E-state index in [-0.39, 0.29) is 5.60 Å². The van der Waals surface area contributed by atoms with Crippen LogP contribution in [0.25, 0.3) is 0 Å². The summed E-state index contributed by atoms with van der Waals surface area (Å²) in [5.74, 6) is 1.09. The molecule has 0 unspecified atom stereocenters. The molecule has 0 amide bonds. The van der Waals surface area contributed by atoms with E-state index in [0.29, 0.717) is 0 Å². The number of halogens is 1. The lowest BCUT2D eigenvalue weighted by atomic mass is 10.0. The highest BCUT2D eigenvalue weighted by Gasteiger charge is 2.31. The van der Waals surface area contributed by atoms with Crippen molar-refractivity contribution < 1.29 is 4.74 Å². The van der Waals surface area contributed by atoms with Gasteiger partial charge in [0.25, 0.3) is 0 Å². The van der Waals surface area contributed by atoms with Gasteiger partial charge in [-0.2, -0.15) is 0 Å². The zero-order valence-corrected chi connectivity index (χ0v) is 9.52. The molecule has 1 heterocycles. The van der Waals surface area contributed by atoms with E-state index >= 15 is 0 Å². The van der Waals surface area contributed by atoms with E-state index in [4.69, 9.17) is 4.74 Å². The van der Waals surface area contributed by atoms with Crippen molar-refractivity contribution in [3.8, 4) is 5.75 Å². The van der Waals surface area contributed by atoms with Crippen molar-refractivity contribution in [2.75, 3.05) is 0 Å². The van der Waals surface area contributed by atoms with E-state index in [0.717, 1.165) is 17.5 Å². The summed E-state index contributed by atoms with van der Waals surface area (Å²) in [6, 6.07) is 6.35. The Labute approximate surface area is 87.2 Å². The minimum absolute atomic E-state index is 0.0272. The maximum atomic E-state index is 5.89. The summed E-state index contributed by atoms with van der Waals surface area (Å²) in [6.07, 6.45) is 1.02. The molecule has 0 saturated heterocycles. The third-order valence-electron chi connectivity index (χ3n) is 2.32. The number of hydrogen-bond donors (Lipinski definition) is 0. The molecule has 0 fully saturated rings. The van der Waals surface area contributed by atoms with E-state index in [9.17, 15) is 0 Å². The van der Waals surface area contributed by atoms with Gasteiger partial charge in [-0.25, -0.2) is 0 Å². The van der Waals surface area contributed by atoms with Crippen molar-refractivity contribution in [3.63, 3.8) is 0 Å². The van der Waals surface area contributed by atoms with Crippen molar-refractivity contribution in [3.05, 3.63) is 29.3 Å². The summed E-state index contributed by atoms with van der Waals surface area (Å²) in [5, 5.41) is 0.867. The molecule has 1 aromatic rings. The molecule has 0 saturated carbocycles. The number of rotatable bonds is 1. The van der Waals surface area contributed by atoms with E-state index in [1.54, 1.807) is 0 Å². The maximum absolute atomic E-state index is 5.89. The van der Waals surface area contributed by atoms with Gasteiger partial charge in [0.1, 0.15) is 11.4 Å². The Morgan fingerprint density at radius 1 is 1.46 bits per heavy atom. The largest absolute Gasteiger partial charge is 0.487 e. The van der Waals surface area contributed by atoms with Gasteiger partial charge in [-0.15, -0.1) is 0 Å². The van der Waals surface area contributed by atoms with Crippen LogP contribution in [0.3, 0.4) is 0 Å². The van der Waals surface area contributed by atoms with E-state index in [1.165, 1.54) is 11.1 Å². The van der Waals surface area contributed by atoms with Gasteiger partial charge in [0.2, 0.25) is 0 Å². The molecule has 13 heavy (non-hydrogen) atoms. The molecule has 1 aliphatic rings. The second-order valence-electron chi connectivity index (χ2n) is 4.08. The van der Waals surface area contributed by atoms with Gasteiger partial charge >= 0.3 is 0 Å². The van der Waals surface area contributed by atoms with Gasteiger partial charge in [-0.05, 0) is 19.4 Å². The number of hydrogen-bond acceptors (Lipinski definition) is 1. The third kappa shape index (κ3) is 1.60. The predicted molar refractivity (Wildman–Crippen MR) is 57.5 cm³/mol. The fourth-order valence-corrected chi connectivity index (χ4v) is 2.23. The molecule has 1 aliphatic heterocycles. The van der Waals surface area contributed by atoms with Crippen molar-refractivity contribution in [1.29, 1.82) is 0 Å². The van der Waals surface area contributed by atoms with E-state index in [2.05, 4.69) is 48.0 Å². The van der Waals surface area contributed by atoms with Crippen LogP contribution in [-0.4, -0.2) is 5.60 Å². The molecule has 1 aromatic carbocycles. The number of ether oxygens (including phenoxy) is 1. The average molecular weight is 241 g/mol. The predicted octanol–water partition coefficient (Wildman–Crippen LogP) is 3.30. The topological polar surface area (TPSA) is 9.23 Å². The Morgan fingerprint density at radius 3 is 2.92 bits per heavy atom. The van der Waals surface area contributed by atoms with Crippen LogP contribution in [0.1, 0.15) is 25.0 Å². The SMILES string of the molecule is CC1(C)Cc2cccc(CBr)c2O1. The highest BCUT2D eigenvalue weighted by Crippen LogP contribution is 2.38. The number of para-hydroxylation sites is 1. The Balaban J connectivity index is 2.45. The Kier molecular flexibility index (Phi) is 2.11. The number of fused-ring (bicyclic) bond motifs is 1. The minimum atomic E-state index is -0.0272. The van der Waals surface area contributed by atoms with Crippen molar-refractivity contribution >= 4 is 15.9 Å². The minimum Gasteiger partial charge on any atom is -0.487 e. The van der Waals surface area contributed by atoms with Crippen LogP contribution in [-0.2, 0) is 11.8 Å². The maximum Gasteiger partial charge on any atom is 0.127 e. The Hall–Kier alpha value is -0.500. The molecule has 0 spiro atoms. The number of alkyl halides is 1. The first-order valence-corrected chi connectivity index (χ1v) is 5.60. The fourth-order valence-electron chi connectivity index (χ4n) is 1.78. The van der Waals surface area contributed by atoms with Crippen molar-refractivity contribution in [2.45, 2.75) is 31.2 Å². The highest BCUT2D eigenvalue weighted by molar-refractivity contribution is 9.08. The molecular weight excluding hydrogens is 228 g/mol. The van der Waals surface area contributed by atoms with Crippen LogP contribution in [0.15, 0.2) is 18.2 Å².